The maximum Gasteiger partial charge on any atom is 0.0555 e. The SMILES string of the molecule is CC(CCc1ccccc1)NC1CCCC(O)C1. The van der Waals surface area contributed by atoms with Gasteiger partial charge in [-0.15, -0.1) is 0 Å². The average Bonchev–Trinajstić information content (AvgIpc) is 2.38. The lowest BCUT2D eigenvalue weighted by atomic mass is 9.92. The van der Waals surface area contributed by atoms with E-state index in [9.17, 15) is 5.11 Å². The second-order valence-corrected chi connectivity index (χ2v) is 5.61. The number of rotatable bonds is 5. The van der Waals surface area contributed by atoms with Gasteiger partial charge in [0.25, 0.3) is 0 Å². The van der Waals surface area contributed by atoms with E-state index in [-0.39, 0.29) is 6.10 Å². The molecule has 0 aromatic heterocycles. The first kappa shape index (κ1) is 13.6. The molecule has 0 bridgehead atoms. The lowest BCUT2D eigenvalue weighted by molar-refractivity contribution is 0.109. The van der Waals surface area contributed by atoms with Crippen molar-refractivity contribution in [3.63, 3.8) is 0 Å². The molecule has 3 unspecified atom stereocenters. The van der Waals surface area contributed by atoms with Gasteiger partial charge in [-0.05, 0) is 51.0 Å². The summed E-state index contributed by atoms with van der Waals surface area (Å²) >= 11 is 0. The molecule has 18 heavy (non-hydrogen) atoms. The summed E-state index contributed by atoms with van der Waals surface area (Å²) in [6, 6.07) is 11.7. The maximum atomic E-state index is 9.66. The molecule has 1 aromatic carbocycles. The van der Waals surface area contributed by atoms with Crippen LogP contribution in [0.1, 0.15) is 44.6 Å². The molecule has 1 aromatic rings. The zero-order valence-corrected chi connectivity index (χ0v) is 11.3. The number of aliphatic hydroxyl groups is 1. The Hall–Kier alpha value is -0.860. The predicted molar refractivity (Wildman–Crippen MR) is 75.6 cm³/mol. The molecule has 0 heterocycles. The molecular formula is C16H25NO. The zero-order chi connectivity index (χ0) is 12.8. The molecule has 3 atom stereocenters. The predicted octanol–water partition coefficient (Wildman–Crippen LogP) is 2.90. The number of hydrogen-bond acceptors (Lipinski definition) is 2. The van der Waals surface area contributed by atoms with Crippen LogP contribution in [0.25, 0.3) is 0 Å². The Morgan fingerprint density at radius 3 is 2.78 bits per heavy atom. The molecule has 2 nitrogen and oxygen atoms in total. The van der Waals surface area contributed by atoms with Crippen LogP contribution in [0.3, 0.4) is 0 Å². The van der Waals surface area contributed by atoms with Crippen LogP contribution >= 0.6 is 0 Å². The first-order valence-electron chi connectivity index (χ1n) is 7.22. The first-order valence-corrected chi connectivity index (χ1v) is 7.22. The minimum atomic E-state index is -0.0856. The van der Waals surface area contributed by atoms with Crippen LogP contribution in [0.4, 0.5) is 0 Å². The molecule has 0 spiro atoms. The van der Waals surface area contributed by atoms with E-state index in [2.05, 4.69) is 42.6 Å². The van der Waals surface area contributed by atoms with Gasteiger partial charge in [-0.1, -0.05) is 30.3 Å². The Balaban J connectivity index is 1.70. The number of hydrogen-bond donors (Lipinski definition) is 2. The molecule has 2 rings (SSSR count). The fraction of sp³-hybridized carbons (Fsp3) is 0.625. The fourth-order valence-electron chi connectivity index (χ4n) is 2.83. The molecule has 2 N–H and O–H groups in total. The van der Waals surface area contributed by atoms with E-state index in [1.165, 1.54) is 12.0 Å². The van der Waals surface area contributed by atoms with Crippen molar-refractivity contribution in [2.24, 2.45) is 0 Å². The van der Waals surface area contributed by atoms with Crippen molar-refractivity contribution in [3.05, 3.63) is 35.9 Å². The number of aryl methyl sites for hydroxylation is 1. The average molecular weight is 247 g/mol. The van der Waals surface area contributed by atoms with Crippen LogP contribution < -0.4 is 5.32 Å². The van der Waals surface area contributed by atoms with Crippen molar-refractivity contribution < 1.29 is 5.11 Å². The van der Waals surface area contributed by atoms with E-state index in [0.717, 1.165) is 32.1 Å². The molecule has 0 aliphatic heterocycles. The van der Waals surface area contributed by atoms with E-state index in [0.29, 0.717) is 12.1 Å². The topological polar surface area (TPSA) is 32.3 Å². The summed E-state index contributed by atoms with van der Waals surface area (Å²) in [5.74, 6) is 0. The summed E-state index contributed by atoms with van der Waals surface area (Å²) in [5, 5.41) is 13.3. The van der Waals surface area contributed by atoms with Crippen LogP contribution in [-0.2, 0) is 6.42 Å². The van der Waals surface area contributed by atoms with Gasteiger partial charge in [0.05, 0.1) is 6.10 Å². The molecule has 0 saturated heterocycles. The van der Waals surface area contributed by atoms with E-state index in [1.54, 1.807) is 0 Å². The first-order chi connectivity index (χ1) is 8.74. The summed E-state index contributed by atoms with van der Waals surface area (Å²) in [6.07, 6.45) is 6.49. The molecule has 1 fully saturated rings. The Morgan fingerprint density at radius 1 is 1.28 bits per heavy atom. The Labute approximate surface area is 110 Å². The van der Waals surface area contributed by atoms with Gasteiger partial charge in [0.15, 0.2) is 0 Å². The van der Waals surface area contributed by atoms with Crippen molar-refractivity contribution in [1.82, 2.24) is 5.32 Å². The fourth-order valence-corrected chi connectivity index (χ4v) is 2.83. The van der Waals surface area contributed by atoms with Gasteiger partial charge >= 0.3 is 0 Å². The highest BCUT2D eigenvalue weighted by molar-refractivity contribution is 5.14. The maximum absolute atomic E-state index is 9.66. The summed E-state index contributed by atoms with van der Waals surface area (Å²) in [6.45, 7) is 2.25. The van der Waals surface area contributed by atoms with Crippen LogP contribution in [-0.4, -0.2) is 23.3 Å². The molecule has 0 radical (unpaired) electrons. The summed E-state index contributed by atoms with van der Waals surface area (Å²) in [5.41, 5.74) is 1.41. The molecule has 2 heteroatoms. The van der Waals surface area contributed by atoms with Crippen molar-refractivity contribution in [1.29, 1.82) is 0 Å². The summed E-state index contributed by atoms with van der Waals surface area (Å²) in [7, 11) is 0. The minimum absolute atomic E-state index is 0.0856. The lowest BCUT2D eigenvalue weighted by Gasteiger charge is -2.29. The molecule has 1 aliphatic carbocycles. The third-order valence-corrected chi connectivity index (χ3v) is 3.88. The molecule has 1 saturated carbocycles. The monoisotopic (exact) mass is 247 g/mol. The molecule has 0 amide bonds. The van der Waals surface area contributed by atoms with Crippen molar-refractivity contribution >= 4 is 0 Å². The summed E-state index contributed by atoms with van der Waals surface area (Å²) < 4.78 is 0. The van der Waals surface area contributed by atoms with Crippen LogP contribution in [0.2, 0.25) is 0 Å². The number of benzene rings is 1. The van der Waals surface area contributed by atoms with Crippen LogP contribution in [0.15, 0.2) is 30.3 Å². The Bertz CT molecular complexity index is 338. The highest BCUT2D eigenvalue weighted by atomic mass is 16.3. The second-order valence-electron chi connectivity index (χ2n) is 5.61. The van der Waals surface area contributed by atoms with E-state index < -0.39 is 0 Å². The number of aliphatic hydroxyl groups excluding tert-OH is 1. The lowest BCUT2D eigenvalue weighted by Crippen LogP contribution is -2.41. The van der Waals surface area contributed by atoms with Gasteiger partial charge in [0.2, 0.25) is 0 Å². The van der Waals surface area contributed by atoms with E-state index in [4.69, 9.17) is 0 Å². The molecule has 100 valence electrons. The minimum Gasteiger partial charge on any atom is -0.393 e. The quantitative estimate of drug-likeness (QED) is 0.838. The second kappa shape index (κ2) is 6.91. The van der Waals surface area contributed by atoms with Crippen molar-refractivity contribution in [2.45, 2.75) is 63.6 Å². The molecule has 1 aliphatic rings. The van der Waals surface area contributed by atoms with Gasteiger partial charge in [-0.25, -0.2) is 0 Å². The third kappa shape index (κ3) is 4.43. The van der Waals surface area contributed by atoms with Gasteiger partial charge in [0.1, 0.15) is 0 Å². The highest BCUT2D eigenvalue weighted by Gasteiger charge is 2.20. The smallest absolute Gasteiger partial charge is 0.0555 e. The summed E-state index contributed by atoms with van der Waals surface area (Å²) in [4.78, 5) is 0. The van der Waals surface area contributed by atoms with Crippen LogP contribution in [0.5, 0.6) is 0 Å². The zero-order valence-electron chi connectivity index (χ0n) is 11.3. The Kier molecular flexibility index (Phi) is 5.21. The van der Waals surface area contributed by atoms with Crippen molar-refractivity contribution in [3.8, 4) is 0 Å². The number of nitrogens with one attached hydrogen (secondary N) is 1. The highest BCUT2D eigenvalue weighted by Crippen LogP contribution is 2.19. The van der Waals surface area contributed by atoms with E-state index >= 15 is 0 Å². The largest absolute Gasteiger partial charge is 0.393 e. The normalized spacial score (nSPS) is 25.9. The van der Waals surface area contributed by atoms with E-state index in [1.807, 2.05) is 0 Å². The van der Waals surface area contributed by atoms with Gasteiger partial charge < -0.3 is 10.4 Å². The van der Waals surface area contributed by atoms with Gasteiger partial charge in [-0.2, -0.15) is 0 Å². The van der Waals surface area contributed by atoms with Crippen molar-refractivity contribution in [2.75, 3.05) is 0 Å². The standard InChI is InChI=1S/C16H25NO/c1-13(10-11-14-6-3-2-4-7-14)17-15-8-5-9-16(18)12-15/h2-4,6-7,13,15-18H,5,8-12H2,1H3. The van der Waals surface area contributed by atoms with Gasteiger partial charge in [0, 0.05) is 12.1 Å². The Morgan fingerprint density at radius 2 is 2.06 bits per heavy atom. The molecular weight excluding hydrogens is 222 g/mol. The van der Waals surface area contributed by atoms with Crippen LogP contribution in [0, 0.1) is 0 Å². The van der Waals surface area contributed by atoms with Gasteiger partial charge in [-0.3, -0.25) is 0 Å². The third-order valence-electron chi connectivity index (χ3n) is 3.88.